The predicted octanol–water partition coefficient (Wildman–Crippen LogP) is 4.84. The van der Waals surface area contributed by atoms with E-state index in [0.29, 0.717) is 36.1 Å². The zero-order chi connectivity index (χ0) is 24.5. The molecular formula is C25H28BrN7O2. The van der Waals surface area contributed by atoms with E-state index in [4.69, 9.17) is 0 Å². The average molecular weight is 538 g/mol. The monoisotopic (exact) mass is 537 g/mol. The quantitative estimate of drug-likeness (QED) is 0.290. The molecule has 10 heteroatoms. The molecule has 2 aromatic carbocycles. The van der Waals surface area contributed by atoms with Gasteiger partial charge in [0.1, 0.15) is 5.82 Å². The van der Waals surface area contributed by atoms with E-state index >= 15 is 0 Å². The number of nitrogens with one attached hydrogen (secondary N) is 4. The van der Waals surface area contributed by atoms with Crippen molar-refractivity contribution in [2.45, 2.75) is 19.3 Å². The molecule has 35 heavy (non-hydrogen) atoms. The lowest BCUT2D eigenvalue weighted by molar-refractivity contribution is 0.0953. The fourth-order valence-corrected chi connectivity index (χ4v) is 4.00. The van der Waals surface area contributed by atoms with Crippen LogP contribution in [0.25, 0.3) is 0 Å². The molecule has 0 bridgehead atoms. The van der Waals surface area contributed by atoms with E-state index in [1.54, 1.807) is 18.3 Å². The number of carbonyl (C=O) groups is 2. The molecule has 3 aromatic rings. The number of nitrogens with zero attached hydrogens (tertiary/aromatic N) is 3. The third kappa shape index (κ3) is 7.16. The third-order valence-corrected chi connectivity index (χ3v) is 6.06. The summed E-state index contributed by atoms with van der Waals surface area (Å²) in [6.07, 6.45) is 4.51. The zero-order valence-corrected chi connectivity index (χ0v) is 20.8. The van der Waals surface area contributed by atoms with Gasteiger partial charge in [-0.2, -0.15) is 4.98 Å². The van der Waals surface area contributed by atoms with Crippen LogP contribution in [0, 0.1) is 0 Å². The second-order valence-corrected chi connectivity index (χ2v) is 8.98. The molecule has 3 amide bonds. The second-order valence-electron chi connectivity index (χ2n) is 8.12. The summed E-state index contributed by atoms with van der Waals surface area (Å²) in [7, 11) is 0. The molecule has 1 aromatic heterocycles. The van der Waals surface area contributed by atoms with Crippen molar-refractivity contribution in [3.8, 4) is 0 Å². The number of hydrogen-bond donors (Lipinski definition) is 4. The molecule has 0 saturated carbocycles. The van der Waals surface area contributed by atoms with Gasteiger partial charge in [-0.15, -0.1) is 0 Å². The summed E-state index contributed by atoms with van der Waals surface area (Å²) in [5, 5.41) is 12.3. The minimum absolute atomic E-state index is 0.0778. The molecule has 1 aliphatic rings. The number of rotatable bonds is 9. The van der Waals surface area contributed by atoms with Crippen molar-refractivity contribution in [3.63, 3.8) is 0 Å². The fraction of sp³-hybridized carbons (Fsp3) is 0.280. The number of hydrogen-bond acceptors (Lipinski definition) is 6. The lowest BCUT2D eigenvalue weighted by Crippen LogP contribution is -2.32. The largest absolute Gasteiger partial charge is 0.369 e. The molecule has 0 radical (unpaired) electrons. The standard InChI is InChI=1S/C25H28BrN7O2/c26-21-17-29-24(30-19-10-6-11-20(16-19)31-25(35)33-14-4-5-15-33)32-22(21)27-12-7-13-28-23(34)18-8-2-1-3-9-18/h1-3,6,8-11,16-17H,4-5,7,12-15H2,(H,28,34)(H,31,35)(H2,27,29,30,32). The molecular weight excluding hydrogens is 510 g/mol. The predicted molar refractivity (Wildman–Crippen MR) is 141 cm³/mol. The lowest BCUT2D eigenvalue weighted by atomic mass is 10.2. The van der Waals surface area contributed by atoms with Gasteiger partial charge in [-0.1, -0.05) is 24.3 Å². The van der Waals surface area contributed by atoms with E-state index in [2.05, 4.69) is 47.2 Å². The molecule has 1 saturated heterocycles. The maximum absolute atomic E-state index is 12.4. The van der Waals surface area contributed by atoms with Crippen LogP contribution in [0.5, 0.6) is 0 Å². The van der Waals surface area contributed by atoms with E-state index in [-0.39, 0.29) is 11.9 Å². The Hall–Kier alpha value is -3.66. The molecule has 1 aliphatic heterocycles. The van der Waals surface area contributed by atoms with Gasteiger partial charge in [0, 0.05) is 49.3 Å². The minimum Gasteiger partial charge on any atom is -0.369 e. The first-order valence-electron chi connectivity index (χ1n) is 11.6. The fourth-order valence-electron chi connectivity index (χ4n) is 3.67. The number of anilines is 4. The summed E-state index contributed by atoms with van der Waals surface area (Å²) in [4.78, 5) is 35.2. The van der Waals surface area contributed by atoms with Gasteiger partial charge in [0.2, 0.25) is 5.95 Å². The van der Waals surface area contributed by atoms with Crippen molar-refractivity contribution in [1.82, 2.24) is 20.2 Å². The van der Waals surface area contributed by atoms with Gasteiger partial charge in [0.15, 0.2) is 0 Å². The molecule has 1 fully saturated rings. The molecule has 9 nitrogen and oxygen atoms in total. The highest BCUT2D eigenvalue weighted by Gasteiger charge is 2.17. The molecule has 4 rings (SSSR count). The molecule has 0 spiro atoms. The van der Waals surface area contributed by atoms with Crippen molar-refractivity contribution in [1.29, 1.82) is 0 Å². The van der Waals surface area contributed by atoms with Crippen LogP contribution in [-0.2, 0) is 0 Å². The number of aromatic nitrogens is 2. The van der Waals surface area contributed by atoms with E-state index < -0.39 is 0 Å². The van der Waals surface area contributed by atoms with Crippen molar-refractivity contribution < 1.29 is 9.59 Å². The maximum Gasteiger partial charge on any atom is 0.321 e. The maximum atomic E-state index is 12.4. The first kappa shape index (κ1) is 24.5. The summed E-state index contributed by atoms with van der Waals surface area (Å²) in [6.45, 7) is 2.77. The summed E-state index contributed by atoms with van der Waals surface area (Å²) >= 11 is 3.47. The first-order valence-corrected chi connectivity index (χ1v) is 12.4. The van der Waals surface area contributed by atoms with Crippen LogP contribution in [0.3, 0.4) is 0 Å². The van der Waals surface area contributed by atoms with Crippen LogP contribution in [-0.4, -0.2) is 53.0 Å². The van der Waals surface area contributed by atoms with Gasteiger partial charge < -0.3 is 26.2 Å². The minimum atomic E-state index is -0.0841. The molecule has 0 aliphatic carbocycles. The van der Waals surface area contributed by atoms with Crippen LogP contribution in [0.2, 0.25) is 0 Å². The molecule has 0 unspecified atom stereocenters. The normalized spacial score (nSPS) is 12.8. The summed E-state index contributed by atoms with van der Waals surface area (Å²) in [5.74, 6) is 0.991. The van der Waals surface area contributed by atoms with Crippen LogP contribution in [0.1, 0.15) is 29.6 Å². The highest BCUT2D eigenvalue weighted by molar-refractivity contribution is 9.10. The Morgan fingerprint density at radius 3 is 2.54 bits per heavy atom. The van der Waals surface area contributed by atoms with Gasteiger partial charge in [-0.05, 0) is 65.5 Å². The highest BCUT2D eigenvalue weighted by Crippen LogP contribution is 2.23. The smallest absolute Gasteiger partial charge is 0.321 e. The topological polar surface area (TPSA) is 111 Å². The third-order valence-electron chi connectivity index (χ3n) is 5.47. The molecule has 4 N–H and O–H groups in total. The van der Waals surface area contributed by atoms with Crippen molar-refractivity contribution in [2.75, 3.05) is 42.1 Å². The Morgan fingerprint density at radius 1 is 0.971 bits per heavy atom. The van der Waals surface area contributed by atoms with Gasteiger partial charge in [-0.3, -0.25) is 4.79 Å². The number of carbonyl (C=O) groups excluding carboxylic acids is 2. The zero-order valence-electron chi connectivity index (χ0n) is 19.3. The number of benzene rings is 2. The number of urea groups is 1. The summed E-state index contributed by atoms with van der Waals surface area (Å²) in [6, 6.07) is 16.5. The average Bonchev–Trinajstić information content (AvgIpc) is 3.42. The molecule has 0 atom stereocenters. The summed E-state index contributed by atoms with van der Waals surface area (Å²) < 4.78 is 0.739. The van der Waals surface area contributed by atoms with Crippen LogP contribution in [0.4, 0.5) is 27.9 Å². The van der Waals surface area contributed by atoms with Gasteiger partial charge in [0.25, 0.3) is 5.91 Å². The van der Waals surface area contributed by atoms with Crippen molar-refractivity contribution in [3.05, 3.63) is 70.8 Å². The molecule has 2 heterocycles. The van der Waals surface area contributed by atoms with E-state index in [1.165, 1.54) is 0 Å². The van der Waals surface area contributed by atoms with Crippen molar-refractivity contribution in [2.24, 2.45) is 0 Å². The Kier molecular flexibility index (Phi) is 8.50. The Balaban J connectivity index is 1.27. The molecule has 182 valence electrons. The second kappa shape index (κ2) is 12.2. The van der Waals surface area contributed by atoms with E-state index in [9.17, 15) is 9.59 Å². The van der Waals surface area contributed by atoms with Gasteiger partial charge >= 0.3 is 6.03 Å². The summed E-state index contributed by atoms with van der Waals surface area (Å²) in [5.41, 5.74) is 2.12. The first-order chi connectivity index (χ1) is 17.1. The van der Waals surface area contributed by atoms with Crippen LogP contribution in [0.15, 0.2) is 65.3 Å². The Morgan fingerprint density at radius 2 is 1.74 bits per heavy atom. The highest BCUT2D eigenvalue weighted by atomic mass is 79.9. The van der Waals surface area contributed by atoms with E-state index in [0.717, 1.165) is 42.5 Å². The Bertz CT molecular complexity index is 1150. The lowest BCUT2D eigenvalue weighted by Gasteiger charge is -2.16. The number of amides is 3. The van der Waals surface area contributed by atoms with Crippen LogP contribution < -0.4 is 21.3 Å². The van der Waals surface area contributed by atoms with Gasteiger partial charge in [0.05, 0.1) is 4.47 Å². The number of halogens is 1. The SMILES string of the molecule is O=C(NCCCNc1nc(Nc2cccc(NC(=O)N3CCCC3)c2)ncc1Br)c1ccccc1. The van der Waals surface area contributed by atoms with Crippen molar-refractivity contribution >= 4 is 51.0 Å². The number of likely N-dealkylation sites (tertiary alicyclic amines) is 1. The van der Waals surface area contributed by atoms with Crippen LogP contribution >= 0.6 is 15.9 Å². The van der Waals surface area contributed by atoms with E-state index in [1.807, 2.05) is 47.4 Å². The Labute approximate surface area is 212 Å². The van der Waals surface area contributed by atoms with Gasteiger partial charge in [-0.25, -0.2) is 9.78 Å².